The van der Waals surface area contributed by atoms with Gasteiger partial charge in [0.25, 0.3) is 0 Å². The van der Waals surface area contributed by atoms with E-state index in [0.717, 1.165) is 19.2 Å². The van der Waals surface area contributed by atoms with Crippen LogP contribution in [0.3, 0.4) is 0 Å². The van der Waals surface area contributed by atoms with Gasteiger partial charge in [-0.1, -0.05) is 0 Å². The van der Waals surface area contributed by atoms with Crippen LogP contribution in [0.2, 0.25) is 0 Å². The molecule has 1 rings (SSSR count). The Hall–Kier alpha value is -2.15. The molecule has 0 amide bonds. The van der Waals surface area contributed by atoms with Crippen LogP contribution in [0, 0.1) is 5.82 Å². The van der Waals surface area contributed by atoms with Gasteiger partial charge in [0, 0.05) is 0 Å². The van der Waals surface area contributed by atoms with E-state index in [1.54, 1.807) is 0 Å². The molecule has 0 spiro atoms. The number of aliphatic carboxylic acids is 1. The SMILES string of the molecule is COc1c(F)cc(CC(N)C(=O)O)cc1C(=O)O. The summed E-state index contributed by atoms with van der Waals surface area (Å²) in [6.45, 7) is 0. The van der Waals surface area contributed by atoms with Crippen molar-refractivity contribution in [1.29, 1.82) is 0 Å². The van der Waals surface area contributed by atoms with Gasteiger partial charge in [0.05, 0.1) is 7.11 Å². The predicted molar refractivity (Wildman–Crippen MR) is 59.2 cm³/mol. The summed E-state index contributed by atoms with van der Waals surface area (Å²) in [5, 5.41) is 17.5. The minimum Gasteiger partial charge on any atom is -0.493 e. The summed E-state index contributed by atoms with van der Waals surface area (Å²) in [5.74, 6) is -3.88. The van der Waals surface area contributed by atoms with Crippen LogP contribution in [-0.2, 0) is 11.2 Å². The first-order valence-electron chi connectivity index (χ1n) is 4.95. The molecule has 0 aliphatic carbocycles. The van der Waals surface area contributed by atoms with E-state index in [1.165, 1.54) is 0 Å². The van der Waals surface area contributed by atoms with Crippen LogP contribution in [-0.4, -0.2) is 35.3 Å². The molecule has 0 aromatic heterocycles. The number of nitrogens with two attached hydrogens (primary N) is 1. The highest BCUT2D eigenvalue weighted by molar-refractivity contribution is 5.91. The molecule has 4 N–H and O–H groups in total. The Morgan fingerprint density at radius 3 is 2.50 bits per heavy atom. The molecule has 0 saturated heterocycles. The number of rotatable bonds is 5. The molecule has 0 aliphatic rings. The zero-order chi connectivity index (χ0) is 13.9. The topological polar surface area (TPSA) is 110 Å². The maximum Gasteiger partial charge on any atom is 0.339 e. The van der Waals surface area contributed by atoms with E-state index in [9.17, 15) is 14.0 Å². The third-order valence-corrected chi connectivity index (χ3v) is 2.31. The third-order valence-electron chi connectivity index (χ3n) is 2.31. The number of carboxylic acids is 2. The van der Waals surface area contributed by atoms with Crippen LogP contribution >= 0.6 is 0 Å². The number of methoxy groups -OCH3 is 1. The van der Waals surface area contributed by atoms with Crippen LogP contribution in [0.4, 0.5) is 4.39 Å². The molecule has 7 heteroatoms. The molecule has 1 aromatic rings. The quantitative estimate of drug-likeness (QED) is 0.708. The lowest BCUT2D eigenvalue weighted by molar-refractivity contribution is -0.138. The van der Waals surface area contributed by atoms with Crippen LogP contribution in [0.15, 0.2) is 12.1 Å². The molecule has 98 valence electrons. The summed E-state index contributed by atoms with van der Waals surface area (Å²) in [6, 6.07) is 0.931. The van der Waals surface area contributed by atoms with E-state index >= 15 is 0 Å². The van der Waals surface area contributed by atoms with Crippen LogP contribution in [0.5, 0.6) is 5.75 Å². The molecule has 1 aromatic carbocycles. The summed E-state index contributed by atoms with van der Waals surface area (Å²) < 4.78 is 18.2. The van der Waals surface area contributed by atoms with Gasteiger partial charge in [-0.15, -0.1) is 0 Å². The highest BCUT2D eigenvalue weighted by Crippen LogP contribution is 2.25. The molecule has 1 atom stereocenters. The lowest BCUT2D eigenvalue weighted by Gasteiger charge is -2.11. The lowest BCUT2D eigenvalue weighted by Crippen LogP contribution is -2.32. The fraction of sp³-hybridized carbons (Fsp3) is 0.273. The Morgan fingerprint density at radius 2 is 2.06 bits per heavy atom. The van der Waals surface area contributed by atoms with Gasteiger partial charge in [0.2, 0.25) is 0 Å². The van der Waals surface area contributed by atoms with E-state index < -0.39 is 29.5 Å². The monoisotopic (exact) mass is 257 g/mol. The number of hydrogen-bond donors (Lipinski definition) is 3. The van der Waals surface area contributed by atoms with Gasteiger partial charge in [-0.25, -0.2) is 9.18 Å². The van der Waals surface area contributed by atoms with Crippen LogP contribution in [0.1, 0.15) is 15.9 Å². The summed E-state index contributed by atoms with van der Waals surface area (Å²) in [4.78, 5) is 21.5. The molecule has 0 fully saturated rings. The van der Waals surface area contributed by atoms with E-state index in [4.69, 9.17) is 15.9 Å². The highest BCUT2D eigenvalue weighted by Gasteiger charge is 2.19. The van der Waals surface area contributed by atoms with Crippen molar-refractivity contribution in [2.75, 3.05) is 7.11 Å². The number of hydrogen-bond acceptors (Lipinski definition) is 4. The maximum absolute atomic E-state index is 13.5. The minimum absolute atomic E-state index is 0.170. The summed E-state index contributed by atoms with van der Waals surface area (Å²) in [7, 11) is 1.15. The Kier molecular flexibility index (Phi) is 4.22. The minimum atomic E-state index is -1.36. The van der Waals surface area contributed by atoms with Gasteiger partial charge in [0.1, 0.15) is 11.6 Å². The Labute approximate surface area is 102 Å². The van der Waals surface area contributed by atoms with E-state index in [2.05, 4.69) is 4.74 Å². The standard InChI is InChI=1S/C11H12FNO5/c1-18-9-6(10(14)15)2-5(3-7(9)12)4-8(13)11(16)17/h2-3,8H,4,13H2,1H3,(H,14,15)(H,16,17). The first kappa shape index (κ1) is 13.9. The Balaban J connectivity index is 3.17. The van der Waals surface area contributed by atoms with Crippen molar-refractivity contribution in [3.8, 4) is 5.75 Å². The fourth-order valence-corrected chi connectivity index (χ4v) is 1.47. The number of carboxylic acid groups (broad SMARTS) is 2. The molecular formula is C11H12FNO5. The summed E-state index contributed by atoms with van der Waals surface area (Å²) >= 11 is 0. The smallest absolute Gasteiger partial charge is 0.339 e. The predicted octanol–water partition coefficient (Wildman–Crippen LogP) is 0.487. The van der Waals surface area contributed by atoms with Gasteiger partial charge >= 0.3 is 11.9 Å². The molecule has 0 radical (unpaired) electrons. The Morgan fingerprint density at radius 1 is 1.44 bits per heavy atom. The second kappa shape index (κ2) is 5.46. The molecule has 6 nitrogen and oxygen atoms in total. The average Bonchev–Trinajstić information content (AvgIpc) is 2.27. The van der Waals surface area contributed by atoms with Gasteiger partial charge < -0.3 is 20.7 Å². The second-order valence-electron chi connectivity index (χ2n) is 3.61. The Bertz CT molecular complexity index is 489. The molecule has 1 unspecified atom stereocenters. The van der Waals surface area contributed by atoms with E-state index in [-0.39, 0.29) is 17.5 Å². The highest BCUT2D eigenvalue weighted by atomic mass is 19.1. The number of ether oxygens (including phenoxy) is 1. The zero-order valence-electron chi connectivity index (χ0n) is 9.51. The van der Waals surface area contributed by atoms with Crippen molar-refractivity contribution in [3.63, 3.8) is 0 Å². The maximum atomic E-state index is 13.5. The number of carbonyl (C=O) groups is 2. The van der Waals surface area contributed by atoms with Crippen molar-refractivity contribution in [2.45, 2.75) is 12.5 Å². The fourth-order valence-electron chi connectivity index (χ4n) is 1.47. The van der Waals surface area contributed by atoms with Crippen molar-refractivity contribution in [3.05, 3.63) is 29.1 Å². The van der Waals surface area contributed by atoms with Gasteiger partial charge in [-0.05, 0) is 24.1 Å². The van der Waals surface area contributed by atoms with E-state index in [0.29, 0.717) is 0 Å². The molecule has 18 heavy (non-hydrogen) atoms. The van der Waals surface area contributed by atoms with E-state index in [1.807, 2.05) is 0 Å². The second-order valence-corrected chi connectivity index (χ2v) is 3.61. The molecular weight excluding hydrogens is 245 g/mol. The zero-order valence-corrected chi connectivity index (χ0v) is 9.51. The molecule has 0 bridgehead atoms. The average molecular weight is 257 g/mol. The van der Waals surface area contributed by atoms with Crippen molar-refractivity contribution in [1.82, 2.24) is 0 Å². The van der Waals surface area contributed by atoms with Crippen molar-refractivity contribution < 1.29 is 28.9 Å². The largest absolute Gasteiger partial charge is 0.493 e. The van der Waals surface area contributed by atoms with Gasteiger partial charge in [-0.3, -0.25) is 4.79 Å². The number of halogens is 1. The van der Waals surface area contributed by atoms with Crippen molar-refractivity contribution >= 4 is 11.9 Å². The molecule has 0 heterocycles. The van der Waals surface area contributed by atoms with Crippen molar-refractivity contribution in [2.24, 2.45) is 5.73 Å². The van der Waals surface area contributed by atoms with Gasteiger partial charge in [-0.2, -0.15) is 0 Å². The number of benzene rings is 1. The summed E-state index contributed by atoms with van der Waals surface area (Å²) in [5.41, 5.74) is 5.11. The number of aromatic carboxylic acids is 1. The first-order chi connectivity index (χ1) is 8.36. The normalized spacial score (nSPS) is 11.9. The molecule has 0 saturated carbocycles. The van der Waals surface area contributed by atoms with Crippen LogP contribution in [0.25, 0.3) is 0 Å². The molecule has 0 aliphatic heterocycles. The first-order valence-corrected chi connectivity index (χ1v) is 4.95. The van der Waals surface area contributed by atoms with Gasteiger partial charge in [0.15, 0.2) is 11.6 Å². The third kappa shape index (κ3) is 2.95. The summed E-state index contributed by atoms with van der Waals surface area (Å²) in [6.07, 6.45) is -0.170. The lowest BCUT2D eigenvalue weighted by atomic mass is 10.0. The van der Waals surface area contributed by atoms with Crippen LogP contribution < -0.4 is 10.5 Å².